The average Bonchev–Trinajstić information content (AvgIpc) is 3.13. The molecule has 1 aliphatic rings. The monoisotopic (exact) mass is 382 g/mol. The van der Waals surface area contributed by atoms with E-state index in [2.05, 4.69) is 15.1 Å². The van der Waals surface area contributed by atoms with E-state index in [1.165, 1.54) is 4.41 Å². The minimum absolute atomic E-state index is 0.440. The van der Waals surface area contributed by atoms with Crippen LogP contribution in [0.5, 0.6) is 5.75 Å². The lowest BCUT2D eigenvalue weighted by molar-refractivity contribution is 0.376. The molecule has 138 valence electrons. The van der Waals surface area contributed by atoms with Gasteiger partial charge in [-0.25, -0.2) is 8.42 Å². The van der Waals surface area contributed by atoms with Gasteiger partial charge < -0.3 is 4.74 Å². The fraction of sp³-hybridized carbons (Fsp3) is 0.211. The van der Waals surface area contributed by atoms with Crippen molar-refractivity contribution in [1.82, 2.24) is 14.4 Å². The van der Waals surface area contributed by atoms with E-state index in [1.54, 1.807) is 19.5 Å². The third kappa shape index (κ3) is 3.23. The van der Waals surface area contributed by atoms with Crippen molar-refractivity contribution >= 4 is 26.8 Å². The zero-order valence-corrected chi connectivity index (χ0v) is 15.7. The molecule has 0 radical (unpaired) electrons. The van der Waals surface area contributed by atoms with Gasteiger partial charge in [-0.05, 0) is 18.2 Å². The average molecular weight is 382 g/mol. The van der Waals surface area contributed by atoms with Crippen molar-refractivity contribution in [2.75, 3.05) is 13.4 Å². The smallest absolute Gasteiger partial charge is 0.247 e. The van der Waals surface area contributed by atoms with E-state index >= 15 is 0 Å². The summed E-state index contributed by atoms with van der Waals surface area (Å²) in [7, 11) is -1.97. The number of ether oxygens (including phenoxy) is 1. The number of rotatable bonds is 4. The summed E-state index contributed by atoms with van der Waals surface area (Å²) in [4.78, 5) is 8.73. The molecule has 2 heterocycles. The van der Waals surface area contributed by atoms with Crippen LogP contribution in [0.25, 0.3) is 11.0 Å². The van der Waals surface area contributed by atoms with Crippen molar-refractivity contribution in [2.24, 2.45) is 5.10 Å². The van der Waals surface area contributed by atoms with E-state index in [1.807, 2.05) is 42.5 Å². The largest absolute Gasteiger partial charge is 0.497 e. The number of hydrazone groups is 1. The van der Waals surface area contributed by atoms with Gasteiger partial charge in [-0.2, -0.15) is 9.52 Å². The topological polar surface area (TPSA) is 84.8 Å². The van der Waals surface area contributed by atoms with Crippen LogP contribution in [-0.2, 0) is 10.0 Å². The summed E-state index contributed by atoms with van der Waals surface area (Å²) in [6.45, 7) is 0. The molecule has 0 saturated heterocycles. The van der Waals surface area contributed by atoms with Crippen LogP contribution in [0.15, 0.2) is 60.0 Å². The standard InChI is InChI=1S/C19H18N4O3S/c1-26-14-6-3-5-13(11-14)17-12-18(23(22-17)27(2,24)25)15-7-4-8-16-19(15)21-10-9-20-16/h3-11,18H,12H2,1-2H3/t18-/m0/s1. The molecule has 3 aromatic rings. The highest BCUT2D eigenvalue weighted by Gasteiger charge is 2.35. The molecule has 7 nitrogen and oxygen atoms in total. The summed E-state index contributed by atoms with van der Waals surface area (Å²) in [5.74, 6) is 0.695. The Hall–Kier alpha value is -3.00. The number of benzene rings is 2. The number of aromatic nitrogens is 2. The molecule has 0 saturated carbocycles. The molecule has 0 aliphatic carbocycles. The second-order valence-corrected chi connectivity index (χ2v) is 8.15. The van der Waals surface area contributed by atoms with Gasteiger partial charge in [0.1, 0.15) is 5.75 Å². The Labute approximate surface area is 157 Å². The highest BCUT2D eigenvalue weighted by molar-refractivity contribution is 7.88. The Bertz CT molecular complexity index is 1140. The van der Waals surface area contributed by atoms with Crippen LogP contribution in [0.3, 0.4) is 0 Å². The van der Waals surface area contributed by atoms with E-state index in [-0.39, 0.29) is 0 Å². The number of fused-ring (bicyclic) bond motifs is 1. The highest BCUT2D eigenvalue weighted by atomic mass is 32.2. The van der Waals surface area contributed by atoms with Crippen molar-refractivity contribution in [3.05, 3.63) is 66.0 Å². The third-order valence-electron chi connectivity index (χ3n) is 4.50. The van der Waals surface area contributed by atoms with Gasteiger partial charge in [0.15, 0.2) is 0 Å². The SMILES string of the molecule is COc1cccc(C2=NN(S(C)(=O)=O)[C@H](c3cccc4nccnc34)C2)c1. The molecule has 0 fully saturated rings. The van der Waals surface area contributed by atoms with E-state index in [4.69, 9.17) is 4.74 Å². The Morgan fingerprint density at radius 3 is 2.67 bits per heavy atom. The fourth-order valence-electron chi connectivity index (χ4n) is 3.29. The molecule has 4 rings (SSSR count). The Balaban J connectivity index is 1.82. The highest BCUT2D eigenvalue weighted by Crippen LogP contribution is 2.37. The number of nitrogens with zero attached hydrogens (tertiary/aromatic N) is 4. The molecule has 1 atom stereocenters. The Morgan fingerprint density at radius 1 is 1.11 bits per heavy atom. The van der Waals surface area contributed by atoms with E-state index in [0.29, 0.717) is 23.4 Å². The molecule has 0 amide bonds. The molecule has 27 heavy (non-hydrogen) atoms. The molecule has 0 N–H and O–H groups in total. The first-order valence-electron chi connectivity index (χ1n) is 8.38. The number of sulfonamides is 1. The van der Waals surface area contributed by atoms with Crippen molar-refractivity contribution < 1.29 is 13.2 Å². The number of para-hydroxylation sites is 1. The first-order chi connectivity index (χ1) is 13.0. The molecule has 0 unspecified atom stereocenters. The predicted octanol–water partition coefficient (Wildman–Crippen LogP) is 2.75. The summed E-state index contributed by atoms with van der Waals surface area (Å²) >= 11 is 0. The maximum Gasteiger partial charge on any atom is 0.247 e. The van der Waals surface area contributed by atoms with Gasteiger partial charge in [0.05, 0.1) is 36.2 Å². The maximum absolute atomic E-state index is 12.4. The Kier molecular flexibility index (Phi) is 4.27. The Morgan fingerprint density at radius 2 is 1.89 bits per heavy atom. The molecule has 0 bridgehead atoms. The van der Waals surface area contributed by atoms with Gasteiger partial charge in [-0.1, -0.05) is 24.3 Å². The van der Waals surface area contributed by atoms with Crippen LogP contribution >= 0.6 is 0 Å². The minimum Gasteiger partial charge on any atom is -0.497 e. The normalized spacial score (nSPS) is 17.2. The van der Waals surface area contributed by atoms with Crippen LogP contribution in [0.1, 0.15) is 23.6 Å². The second kappa shape index (κ2) is 6.62. The van der Waals surface area contributed by atoms with Crippen molar-refractivity contribution in [3.63, 3.8) is 0 Å². The number of hydrogen-bond acceptors (Lipinski definition) is 6. The van der Waals surface area contributed by atoms with Gasteiger partial charge in [-0.3, -0.25) is 9.97 Å². The summed E-state index contributed by atoms with van der Waals surface area (Å²) in [6.07, 6.45) is 4.83. The lowest BCUT2D eigenvalue weighted by atomic mass is 9.98. The van der Waals surface area contributed by atoms with Crippen LogP contribution in [0.2, 0.25) is 0 Å². The summed E-state index contributed by atoms with van der Waals surface area (Å²) in [5.41, 5.74) is 3.70. The summed E-state index contributed by atoms with van der Waals surface area (Å²) in [6, 6.07) is 12.6. The maximum atomic E-state index is 12.4. The van der Waals surface area contributed by atoms with Crippen molar-refractivity contribution in [1.29, 1.82) is 0 Å². The van der Waals surface area contributed by atoms with Crippen LogP contribution in [0.4, 0.5) is 0 Å². The molecular weight excluding hydrogens is 364 g/mol. The zero-order chi connectivity index (χ0) is 19.0. The number of hydrogen-bond donors (Lipinski definition) is 0. The zero-order valence-electron chi connectivity index (χ0n) is 14.9. The van der Waals surface area contributed by atoms with Gasteiger partial charge in [-0.15, -0.1) is 0 Å². The van der Waals surface area contributed by atoms with Crippen molar-refractivity contribution in [2.45, 2.75) is 12.5 Å². The lowest BCUT2D eigenvalue weighted by Gasteiger charge is -2.22. The van der Waals surface area contributed by atoms with E-state index in [0.717, 1.165) is 22.9 Å². The van der Waals surface area contributed by atoms with Gasteiger partial charge >= 0.3 is 0 Å². The fourth-order valence-corrected chi connectivity index (χ4v) is 4.18. The molecule has 1 aliphatic heterocycles. The number of methoxy groups -OCH3 is 1. The molecule has 1 aromatic heterocycles. The first-order valence-corrected chi connectivity index (χ1v) is 10.2. The van der Waals surface area contributed by atoms with E-state index in [9.17, 15) is 8.42 Å². The molecule has 2 aromatic carbocycles. The first kappa shape index (κ1) is 17.4. The molecular formula is C19H18N4O3S. The third-order valence-corrected chi connectivity index (χ3v) is 5.52. The second-order valence-electron chi connectivity index (χ2n) is 6.31. The van der Waals surface area contributed by atoms with Gasteiger partial charge in [0, 0.05) is 29.9 Å². The quantitative estimate of drug-likeness (QED) is 0.693. The van der Waals surface area contributed by atoms with Crippen LogP contribution in [-0.4, -0.2) is 41.9 Å². The van der Waals surface area contributed by atoms with Gasteiger partial charge in [0.2, 0.25) is 10.0 Å². The predicted molar refractivity (Wildman–Crippen MR) is 103 cm³/mol. The molecule has 0 spiro atoms. The lowest BCUT2D eigenvalue weighted by Crippen LogP contribution is -2.26. The van der Waals surface area contributed by atoms with Crippen LogP contribution in [0, 0.1) is 0 Å². The van der Waals surface area contributed by atoms with E-state index < -0.39 is 16.1 Å². The van der Waals surface area contributed by atoms with Crippen molar-refractivity contribution in [3.8, 4) is 5.75 Å². The molecule has 8 heteroatoms. The summed E-state index contributed by atoms with van der Waals surface area (Å²) in [5, 5.41) is 4.43. The van der Waals surface area contributed by atoms with Gasteiger partial charge in [0.25, 0.3) is 0 Å². The minimum atomic E-state index is -3.56. The van der Waals surface area contributed by atoms with Crippen LogP contribution < -0.4 is 4.74 Å². The summed E-state index contributed by atoms with van der Waals surface area (Å²) < 4.78 is 31.3.